The van der Waals surface area contributed by atoms with Crippen LogP contribution in [0.15, 0.2) is 57.7 Å². The minimum atomic E-state index is -0.376. The Kier molecular flexibility index (Phi) is 6.84. The van der Waals surface area contributed by atoms with E-state index in [1.807, 2.05) is 24.3 Å². The number of hydrogen-bond acceptors (Lipinski definition) is 5. The van der Waals surface area contributed by atoms with Gasteiger partial charge >= 0.3 is 5.76 Å². The summed E-state index contributed by atoms with van der Waals surface area (Å²) in [6.45, 7) is 6.32. The van der Waals surface area contributed by atoms with Crippen LogP contribution in [0.2, 0.25) is 0 Å². The van der Waals surface area contributed by atoms with Crippen molar-refractivity contribution in [2.24, 2.45) is 0 Å². The summed E-state index contributed by atoms with van der Waals surface area (Å²) in [4.78, 5) is 29.1. The molecule has 1 amide bonds. The van der Waals surface area contributed by atoms with Gasteiger partial charge < -0.3 is 14.6 Å². The number of aryl methyl sites for hydroxylation is 1. The van der Waals surface area contributed by atoms with Gasteiger partial charge in [0.25, 0.3) is 0 Å². The van der Waals surface area contributed by atoms with E-state index < -0.39 is 0 Å². The predicted octanol–water partition coefficient (Wildman–Crippen LogP) is 2.44. The number of likely N-dealkylation sites (N-methyl/N-ethyl adjacent to an activating group) is 1. The molecular formula is C24H30N4O3. The number of nitrogens with one attached hydrogen (secondary N) is 1. The predicted molar refractivity (Wildman–Crippen MR) is 121 cm³/mol. The summed E-state index contributed by atoms with van der Waals surface area (Å²) in [7, 11) is 2.16. The molecule has 164 valence electrons. The van der Waals surface area contributed by atoms with Crippen molar-refractivity contribution in [2.45, 2.75) is 32.5 Å². The summed E-state index contributed by atoms with van der Waals surface area (Å²) in [6.07, 6.45) is 0.950. The molecule has 1 fully saturated rings. The molecule has 2 heterocycles. The average Bonchev–Trinajstić information content (AvgIpc) is 3.09. The number of nitrogens with zero attached hydrogens (tertiary/aromatic N) is 3. The number of piperazine rings is 1. The van der Waals surface area contributed by atoms with Crippen LogP contribution in [0, 0.1) is 0 Å². The molecule has 0 spiro atoms. The molecule has 1 aromatic heterocycles. The first-order valence-electron chi connectivity index (χ1n) is 10.9. The monoisotopic (exact) mass is 422 g/mol. The maximum absolute atomic E-state index is 12.3. The van der Waals surface area contributed by atoms with E-state index in [4.69, 9.17) is 4.42 Å². The highest BCUT2D eigenvalue weighted by Gasteiger charge is 2.14. The highest BCUT2D eigenvalue weighted by Crippen LogP contribution is 2.13. The third-order valence-electron chi connectivity index (χ3n) is 5.84. The molecular weight excluding hydrogens is 392 g/mol. The molecule has 7 nitrogen and oxygen atoms in total. The normalized spacial score (nSPS) is 15.4. The molecule has 1 N–H and O–H groups in total. The van der Waals surface area contributed by atoms with E-state index in [0.717, 1.165) is 43.8 Å². The summed E-state index contributed by atoms with van der Waals surface area (Å²) in [5.41, 5.74) is 3.73. The molecule has 7 heteroatoms. The van der Waals surface area contributed by atoms with Crippen LogP contribution >= 0.6 is 0 Å². The van der Waals surface area contributed by atoms with E-state index in [-0.39, 0.29) is 11.7 Å². The number of oxazole rings is 1. The average molecular weight is 423 g/mol. The molecule has 4 rings (SSSR count). The van der Waals surface area contributed by atoms with Crippen LogP contribution in [0.5, 0.6) is 0 Å². The Bertz CT molecular complexity index is 1080. The van der Waals surface area contributed by atoms with Crippen molar-refractivity contribution in [3.63, 3.8) is 0 Å². The van der Waals surface area contributed by atoms with Crippen LogP contribution in [0.1, 0.15) is 24.0 Å². The minimum absolute atomic E-state index is 0.00896. The summed E-state index contributed by atoms with van der Waals surface area (Å²) >= 11 is 0. The van der Waals surface area contributed by atoms with Crippen molar-refractivity contribution in [1.82, 2.24) is 19.7 Å². The van der Waals surface area contributed by atoms with Crippen LogP contribution < -0.4 is 11.1 Å². The molecule has 1 aliphatic heterocycles. The van der Waals surface area contributed by atoms with Gasteiger partial charge in [0.2, 0.25) is 5.91 Å². The van der Waals surface area contributed by atoms with Crippen molar-refractivity contribution < 1.29 is 9.21 Å². The fourth-order valence-corrected chi connectivity index (χ4v) is 4.01. The Morgan fingerprint density at radius 2 is 1.81 bits per heavy atom. The molecule has 31 heavy (non-hydrogen) atoms. The largest absolute Gasteiger partial charge is 0.419 e. The van der Waals surface area contributed by atoms with Gasteiger partial charge in [-0.25, -0.2) is 4.79 Å². The van der Waals surface area contributed by atoms with E-state index in [1.54, 1.807) is 10.6 Å². The van der Waals surface area contributed by atoms with E-state index >= 15 is 0 Å². The van der Waals surface area contributed by atoms with Gasteiger partial charge in [-0.3, -0.25) is 14.3 Å². The number of para-hydroxylation sites is 2. The van der Waals surface area contributed by atoms with Crippen LogP contribution in [-0.4, -0.2) is 53.5 Å². The second-order valence-electron chi connectivity index (χ2n) is 8.27. The van der Waals surface area contributed by atoms with E-state index in [9.17, 15) is 9.59 Å². The number of fused-ring (bicyclic) bond motifs is 1. The van der Waals surface area contributed by atoms with Crippen LogP contribution in [0.4, 0.5) is 0 Å². The molecule has 0 bridgehead atoms. The molecule has 0 unspecified atom stereocenters. The molecule has 0 aliphatic carbocycles. The first-order chi connectivity index (χ1) is 15.1. The lowest BCUT2D eigenvalue weighted by Crippen LogP contribution is -2.43. The number of hydrogen-bond donors (Lipinski definition) is 1. The summed E-state index contributed by atoms with van der Waals surface area (Å²) in [5.74, 6) is -0.385. The first kappa shape index (κ1) is 21.3. The lowest BCUT2D eigenvalue weighted by molar-refractivity contribution is -0.121. The number of rotatable bonds is 8. The maximum atomic E-state index is 12.3. The van der Waals surface area contributed by atoms with Gasteiger partial charge in [0.15, 0.2) is 5.58 Å². The Labute approximate surface area is 182 Å². The number of amides is 1. The third-order valence-corrected chi connectivity index (χ3v) is 5.84. The van der Waals surface area contributed by atoms with Crippen LogP contribution in [-0.2, 0) is 24.4 Å². The van der Waals surface area contributed by atoms with Gasteiger partial charge in [0.05, 0.1) is 5.52 Å². The number of carbonyl (C=O) groups excluding carboxylic acids is 1. The number of benzene rings is 2. The zero-order chi connectivity index (χ0) is 21.6. The lowest BCUT2D eigenvalue weighted by atomic mass is 10.1. The van der Waals surface area contributed by atoms with Gasteiger partial charge in [-0.15, -0.1) is 0 Å². The second-order valence-corrected chi connectivity index (χ2v) is 8.27. The van der Waals surface area contributed by atoms with E-state index in [2.05, 4.69) is 40.4 Å². The Morgan fingerprint density at radius 3 is 2.65 bits per heavy atom. The Hall–Kier alpha value is -2.90. The van der Waals surface area contributed by atoms with Crippen molar-refractivity contribution in [1.29, 1.82) is 0 Å². The van der Waals surface area contributed by atoms with Crippen LogP contribution in [0.25, 0.3) is 11.1 Å². The SMILES string of the molecule is CN1CCN(Cc2cccc(CNC(=O)CCCn3c(=O)oc4ccccc43)c2)CC1. The van der Waals surface area contributed by atoms with Gasteiger partial charge in [-0.05, 0) is 36.7 Å². The molecule has 0 saturated carbocycles. The number of aromatic nitrogens is 1. The standard InChI is InChI=1S/C24H30N4O3/c1-26-12-14-27(15-13-26)18-20-7-4-6-19(16-20)17-25-23(29)10-5-11-28-21-8-2-3-9-22(21)31-24(28)30/h2-4,6-9,16H,5,10-15,17-18H2,1H3,(H,25,29). The van der Waals surface area contributed by atoms with Crippen molar-refractivity contribution in [2.75, 3.05) is 33.2 Å². The van der Waals surface area contributed by atoms with Crippen molar-refractivity contribution in [3.8, 4) is 0 Å². The number of carbonyl (C=O) groups is 1. The zero-order valence-corrected chi connectivity index (χ0v) is 18.0. The van der Waals surface area contributed by atoms with Gasteiger partial charge in [-0.1, -0.05) is 36.4 Å². The highest BCUT2D eigenvalue weighted by atomic mass is 16.4. The fraction of sp³-hybridized carbons (Fsp3) is 0.417. The second kappa shape index (κ2) is 9.94. The van der Waals surface area contributed by atoms with Gasteiger partial charge in [0, 0.05) is 52.2 Å². The first-order valence-corrected chi connectivity index (χ1v) is 10.9. The molecule has 0 radical (unpaired) electrons. The zero-order valence-electron chi connectivity index (χ0n) is 18.0. The topological polar surface area (TPSA) is 70.7 Å². The summed E-state index contributed by atoms with van der Waals surface area (Å²) < 4.78 is 6.82. The summed E-state index contributed by atoms with van der Waals surface area (Å²) in [5, 5.41) is 3.00. The maximum Gasteiger partial charge on any atom is 0.419 e. The highest BCUT2D eigenvalue weighted by molar-refractivity contribution is 5.76. The lowest BCUT2D eigenvalue weighted by Gasteiger charge is -2.32. The molecule has 0 atom stereocenters. The molecule has 1 aliphatic rings. The van der Waals surface area contributed by atoms with E-state index in [0.29, 0.717) is 31.5 Å². The van der Waals surface area contributed by atoms with Crippen molar-refractivity contribution >= 4 is 17.0 Å². The fourth-order valence-electron chi connectivity index (χ4n) is 4.01. The minimum Gasteiger partial charge on any atom is -0.408 e. The van der Waals surface area contributed by atoms with E-state index in [1.165, 1.54) is 5.56 Å². The van der Waals surface area contributed by atoms with Crippen molar-refractivity contribution in [3.05, 3.63) is 70.2 Å². The Balaban J connectivity index is 1.23. The summed E-state index contributed by atoms with van der Waals surface area (Å²) in [6, 6.07) is 15.8. The van der Waals surface area contributed by atoms with Gasteiger partial charge in [-0.2, -0.15) is 0 Å². The third kappa shape index (κ3) is 5.62. The molecule has 3 aromatic rings. The molecule has 2 aromatic carbocycles. The van der Waals surface area contributed by atoms with Gasteiger partial charge in [0.1, 0.15) is 0 Å². The quantitative estimate of drug-likeness (QED) is 0.604. The Morgan fingerprint density at radius 1 is 1.03 bits per heavy atom. The van der Waals surface area contributed by atoms with Crippen LogP contribution in [0.3, 0.4) is 0 Å². The molecule has 1 saturated heterocycles. The smallest absolute Gasteiger partial charge is 0.408 e.